The van der Waals surface area contributed by atoms with Gasteiger partial charge in [0.25, 0.3) is 0 Å². The SMILES string of the molecule is CC(=O)C1C(c2ccccc2)N=C(NC#N)NC1(C)O. The Morgan fingerprint density at radius 1 is 1.50 bits per heavy atom. The van der Waals surface area contributed by atoms with Gasteiger partial charge in [-0.2, -0.15) is 5.26 Å². The summed E-state index contributed by atoms with van der Waals surface area (Å²) in [5, 5.41) is 24.2. The molecule has 1 aromatic rings. The van der Waals surface area contributed by atoms with E-state index in [1.807, 2.05) is 30.3 Å². The second kappa shape index (κ2) is 5.31. The maximum Gasteiger partial charge on any atom is 0.207 e. The predicted octanol–water partition coefficient (Wildman–Crippen LogP) is 0.671. The van der Waals surface area contributed by atoms with Crippen LogP contribution in [0.25, 0.3) is 0 Å². The Kier molecular flexibility index (Phi) is 3.72. The van der Waals surface area contributed by atoms with Gasteiger partial charge in [0.1, 0.15) is 11.5 Å². The molecule has 3 atom stereocenters. The summed E-state index contributed by atoms with van der Waals surface area (Å²) in [6, 6.07) is 8.70. The Balaban J connectivity index is 2.50. The molecule has 20 heavy (non-hydrogen) atoms. The number of carbonyl (C=O) groups is 1. The molecular formula is C14H16N4O2. The number of hydrogen-bond acceptors (Lipinski definition) is 6. The van der Waals surface area contributed by atoms with Crippen molar-refractivity contribution in [2.45, 2.75) is 25.6 Å². The molecule has 0 saturated heterocycles. The van der Waals surface area contributed by atoms with Crippen LogP contribution >= 0.6 is 0 Å². The molecule has 3 N–H and O–H groups in total. The third-order valence-electron chi connectivity index (χ3n) is 3.31. The molecule has 1 aromatic carbocycles. The van der Waals surface area contributed by atoms with Gasteiger partial charge in [-0.1, -0.05) is 30.3 Å². The quantitative estimate of drug-likeness (QED) is 0.543. The molecule has 0 amide bonds. The zero-order chi connectivity index (χ0) is 14.8. The number of nitriles is 1. The fraction of sp³-hybridized carbons (Fsp3) is 0.357. The summed E-state index contributed by atoms with van der Waals surface area (Å²) in [5.74, 6) is -0.742. The Bertz CT molecular complexity index is 575. The molecular weight excluding hydrogens is 256 g/mol. The second-order valence-corrected chi connectivity index (χ2v) is 4.93. The smallest absolute Gasteiger partial charge is 0.207 e. The molecule has 1 aliphatic heterocycles. The van der Waals surface area contributed by atoms with Gasteiger partial charge in [-0.3, -0.25) is 10.1 Å². The first kappa shape index (κ1) is 14.0. The minimum atomic E-state index is -1.48. The maximum absolute atomic E-state index is 11.9. The third-order valence-corrected chi connectivity index (χ3v) is 3.31. The lowest BCUT2D eigenvalue weighted by atomic mass is 9.81. The number of nitrogens with one attached hydrogen (secondary N) is 2. The number of rotatable bonds is 2. The number of Topliss-reactive ketones (excluding diaryl/α,β-unsaturated/α-hetero) is 1. The predicted molar refractivity (Wildman–Crippen MR) is 73.3 cm³/mol. The van der Waals surface area contributed by atoms with Crippen LogP contribution in [0.5, 0.6) is 0 Å². The average Bonchev–Trinajstić information content (AvgIpc) is 2.37. The van der Waals surface area contributed by atoms with Crippen molar-refractivity contribution in [3.05, 3.63) is 35.9 Å². The van der Waals surface area contributed by atoms with E-state index in [0.29, 0.717) is 0 Å². The standard InChI is InChI=1S/C14H16N4O2/c1-9(19)11-12(10-6-4-3-5-7-10)17-13(16-8-15)18-14(11,2)20/h3-7,11-12,20H,1-2H3,(H2,16,17,18). The van der Waals surface area contributed by atoms with Crippen molar-refractivity contribution in [3.8, 4) is 6.19 Å². The number of benzene rings is 1. The van der Waals surface area contributed by atoms with E-state index in [2.05, 4.69) is 15.6 Å². The molecule has 1 aliphatic rings. The Morgan fingerprint density at radius 2 is 2.15 bits per heavy atom. The highest BCUT2D eigenvalue weighted by Gasteiger charge is 2.45. The fourth-order valence-corrected chi connectivity index (χ4v) is 2.52. The number of carbonyl (C=O) groups excluding carboxylic acids is 1. The van der Waals surface area contributed by atoms with Crippen LogP contribution in [0.3, 0.4) is 0 Å². The second-order valence-electron chi connectivity index (χ2n) is 4.93. The fourth-order valence-electron chi connectivity index (χ4n) is 2.52. The molecule has 6 heteroatoms. The molecule has 0 fully saturated rings. The largest absolute Gasteiger partial charge is 0.370 e. The number of guanidine groups is 1. The molecule has 3 unspecified atom stereocenters. The van der Waals surface area contributed by atoms with Crippen molar-refractivity contribution in [1.82, 2.24) is 10.6 Å². The van der Waals surface area contributed by atoms with Crippen LogP contribution in [0.4, 0.5) is 0 Å². The molecule has 2 rings (SSSR count). The zero-order valence-electron chi connectivity index (χ0n) is 11.3. The third kappa shape index (κ3) is 2.63. The minimum absolute atomic E-state index is 0.156. The maximum atomic E-state index is 11.9. The molecule has 0 radical (unpaired) electrons. The van der Waals surface area contributed by atoms with Crippen LogP contribution in [0.2, 0.25) is 0 Å². The van der Waals surface area contributed by atoms with Gasteiger partial charge in [0.05, 0.1) is 12.0 Å². The normalized spacial score (nSPS) is 28.8. The average molecular weight is 272 g/mol. The minimum Gasteiger partial charge on any atom is -0.370 e. The summed E-state index contributed by atoms with van der Waals surface area (Å²) in [7, 11) is 0. The first-order valence-corrected chi connectivity index (χ1v) is 6.24. The van der Waals surface area contributed by atoms with Gasteiger partial charge in [0.2, 0.25) is 5.96 Å². The number of nitrogens with zero attached hydrogens (tertiary/aromatic N) is 2. The van der Waals surface area contributed by atoms with E-state index >= 15 is 0 Å². The molecule has 0 aliphatic carbocycles. The molecule has 0 aromatic heterocycles. The van der Waals surface area contributed by atoms with Gasteiger partial charge in [-0.05, 0) is 19.4 Å². The van der Waals surface area contributed by atoms with Crippen molar-refractivity contribution in [2.75, 3.05) is 0 Å². The van der Waals surface area contributed by atoms with Crippen LogP contribution in [0.1, 0.15) is 25.5 Å². The van der Waals surface area contributed by atoms with E-state index in [0.717, 1.165) is 5.56 Å². The van der Waals surface area contributed by atoms with Crippen LogP contribution in [-0.2, 0) is 4.79 Å². The molecule has 1 heterocycles. The van der Waals surface area contributed by atoms with Crippen LogP contribution in [0, 0.1) is 17.4 Å². The number of hydrogen-bond donors (Lipinski definition) is 3. The van der Waals surface area contributed by atoms with Crippen molar-refractivity contribution >= 4 is 11.7 Å². The van der Waals surface area contributed by atoms with E-state index in [4.69, 9.17) is 5.26 Å². The van der Waals surface area contributed by atoms with E-state index in [-0.39, 0.29) is 11.7 Å². The van der Waals surface area contributed by atoms with Crippen molar-refractivity contribution in [3.63, 3.8) is 0 Å². The van der Waals surface area contributed by atoms with Gasteiger partial charge in [0.15, 0.2) is 6.19 Å². The van der Waals surface area contributed by atoms with Gasteiger partial charge in [-0.25, -0.2) is 4.99 Å². The Morgan fingerprint density at radius 3 is 2.70 bits per heavy atom. The Labute approximate surface area is 117 Å². The number of aliphatic hydroxyl groups is 1. The summed E-state index contributed by atoms with van der Waals surface area (Å²) in [4.78, 5) is 16.2. The van der Waals surface area contributed by atoms with Gasteiger partial charge >= 0.3 is 0 Å². The summed E-state index contributed by atoms with van der Waals surface area (Å²) in [6.07, 6.45) is 1.75. The summed E-state index contributed by atoms with van der Waals surface area (Å²) >= 11 is 0. The van der Waals surface area contributed by atoms with Gasteiger partial charge in [0, 0.05) is 0 Å². The van der Waals surface area contributed by atoms with Crippen molar-refractivity contribution in [1.29, 1.82) is 5.26 Å². The highest BCUT2D eigenvalue weighted by molar-refractivity contribution is 5.87. The van der Waals surface area contributed by atoms with Crippen molar-refractivity contribution in [2.24, 2.45) is 10.9 Å². The first-order valence-electron chi connectivity index (χ1n) is 6.24. The summed E-state index contributed by atoms with van der Waals surface area (Å²) in [6.45, 7) is 2.93. The monoisotopic (exact) mass is 272 g/mol. The van der Waals surface area contributed by atoms with E-state index in [1.54, 1.807) is 6.19 Å². The van der Waals surface area contributed by atoms with Crippen LogP contribution in [0.15, 0.2) is 35.3 Å². The van der Waals surface area contributed by atoms with Gasteiger partial charge < -0.3 is 10.4 Å². The number of aliphatic imine (C=N–C) groups is 1. The van der Waals surface area contributed by atoms with Crippen LogP contribution in [-0.4, -0.2) is 22.6 Å². The lowest BCUT2D eigenvalue weighted by Gasteiger charge is -2.40. The Hall–Kier alpha value is -2.39. The topological polar surface area (TPSA) is 97.5 Å². The van der Waals surface area contributed by atoms with Gasteiger partial charge in [-0.15, -0.1) is 0 Å². The molecule has 0 spiro atoms. The van der Waals surface area contributed by atoms with E-state index in [9.17, 15) is 9.90 Å². The molecule has 0 bridgehead atoms. The lowest BCUT2D eigenvalue weighted by molar-refractivity contribution is -0.132. The number of ketones is 1. The van der Waals surface area contributed by atoms with Crippen molar-refractivity contribution < 1.29 is 9.90 Å². The molecule has 0 saturated carbocycles. The first-order chi connectivity index (χ1) is 9.45. The summed E-state index contributed by atoms with van der Waals surface area (Å²) < 4.78 is 0. The molecule has 6 nitrogen and oxygen atoms in total. The highest BCUT2D eigenvalue weighted by atomic mass is 16.3. The van der Waals surface area contributed by atoms with E-state index < -0.39 is 17.7 Å². The highest BCUT2D eigenvalue weighted by Crippen LogP contribution is 2.36. The van der Waals surface area contributed by atoms with E-state index in [1.165, 1.54) is 13.8 Å². The lowest BCUT2D eigenvalue weighted by Crippen LogP contribution is -2.60. The summed E-state index contributed by atoms with van der Waals surface area (Å²) in [5.41, 5.74) is -0.667. The molecule has 104 valence electrons. The zero-order valence-corrected chi connectivity index (χ0v) is 11.3. The van der Waals surface area contributed by atoms with Crippen LogP contribution < -0.4 is 10.6 Å².